The highest BCUT2D eigenvalue weighted by Crippen LogP contribution is 2.28. The molecule has 2 aromatic carbocycles. The second-order valence-corrected chi connectivity index (χ2v) is 5.83. The molecule has 1 aromatic heterocycles. The quantitative estimate of drug-likeness (QED) is 0.690. The molecule has 0 saturated heterocycles. The molecule has 3 aromatic rings. The third-order valence-electron chi connectivity index (χ3n) is 3.68. The summed E-state index contributed by atoms with van der Waals surface area (Å²) in [6, 6.07) is 13.6. The van der Waals surface area contributed by atoms with E-state index in [1.54, 1.807) is 25.4 Å². The van der Waals surface area contributed by atoms with E-state index >= 15 is 0 Å². The van der Waals surface area contributed by atoms with Crippen molar-refractivity contribution in [3.63, 3.8) is 0 Å². The highest BCUT2D eigenvalue weighted by Gasteiger charge is 2.05. The van der Waals surface area contributed by atoms with Crippen LogP contribution in [-0.4, -0.2) is 22.3 Å². The average molecular weight is 356 g/mol. The number of halogens is 1. The molecule has 0 radical (unpaired) electrons. The summed E-state index contributed by atoms with van der Waals surface area (Å²) in [5.41, 5.74) is 3.19. The number of rotatable bonds is 6. The Labute approximate surface area is 151 Å². The summed E-state index contributed by atoms with van der Waals surface area (Å²) < 4.78 is 5.15. The van der Waals surface area contributed by atoms with Gasteiger partial charge in [0.15, 0.2) is 5.82 Å². The van der Waals surface area contributed by atoms with Crippen LogP contribution in [0.5, 0.6) is 5.75 Å². The SMILES string of the molecule is COc1ccc(Nc2cnnc(NCc3ccccc3C)n2)cc1Cl. The summed E-state index contributed by atoms with van der Waals surface area (Å²) in [5.74, 6) is 1.64. The zero-order valence-corrected chi connectivity index (χ0v) is 14.7. The second kappa shape index (κ2) is 7.81. The smallest absolute Gasteiger partial charge is 0.244 e. The number of aromatic nitrogens is 3. The Morgan fingerprint density at radius 3 is 2.76 bits per heavy atom. The molecule has 128 valence electrons. The molecule has 0 spiro atoms. The van der Waals surface area contributed by atoms with Gasteiger partial charge in [-0.15, -0.1) is 5.10 Å². The van der Waals surface area contributed by atoms with Gasteiger partial charge in [0.1, 0.15) is 5.75 Å². The van der Waals surface area contributed by atoms with Crippen molar-refractivity contribution in [1.29, 1.82) is 0 Å². The third-order valence-corrected chi connectivity index (χ3v) is 3.98. The number of aryl methyl sites for hydroxylation is 1. The van der Waals surface area contributed by atoms with Crippen LogP contribution in [0.1, 0.15) is 11.1 Å². The van der Waals surface area contributed by atoms with E-state index in [1.807, 2.05) is 18.2 Å². The predicted octanol–water partition coefficient (Wildman–Crippen LogP) is 4.20. The van der Waals surface area contributed by atoms with Crippen molar-refractivity contribution < 1.29 is 4.74 Å². The maximum atomic E-state index is 6.13. The van der Waals surface area contributed by atoms with Gasteiger partial charge in [-0.25, -0.2) is 0 Å². The van der Waals surface area contributed by atoms with E-state index < -0.39 is 0 Å². The minimum Gasteiger partial charge on any atom is -0.495 e. The van der Waals surface area contributed by atoms with Crippen molar-refractivity contribution in [2.45, 2.75) is 13.5 Å². The molecule has 6 nitrogen and oxygen atoms in total. The standard InChI is InChI=1S/C18H18ClN5O/c1-12-5-3-4-6-13(12)10-20-18-23-17(11-21-24-18)22-14-7-8-16(25-2)15(19)9-14/h3-9,11H,10H2,1-2H3,(H2,20,22,23,24). The van der Waals surface area contributed by atoms with Crippen LogP contribution in [0.15, 0.2) is 48.7 Å². The Morgan fingerprint density at radius 2 is 2.00 bits per heavy atom. The highest BCUT2D eigenvalue weighted by atomic mass is 35.5. The van der Waals surface area contributed by atoms with Gasteiger partial charge in [-0.3, -0.25) is 0 Å². The summed E-state index contributed by atoms with van der Waals surface area (Å²) in [5, 5.41) is 14.8. The summed E-state index contributed by atoms with van der Waals surface area (Å²) in [7, 11) is 1.58. The van der Waals surface area contributed by atoms with Crippen LogP contribution in [0.2, 0.25) is 5.02 Å². The van der Waals surface area contributed by atoms with Crippen molar-refractivity contribution in [2.75, 3.05) is 17.7 Å². The first-order valence-electron chi connectivity index (χ1n) is 7.74. The van der Waals surface area contributed by atoms with E-state index in [9.17, 15) is 0 Å². The normalized spacial score (nSPS) is 10.4. The molecule has 0 atom stereocenters. The summed E-state index contributed by atoms with van der Waals surface area (Å²) in [6.07, 6.45) is 1.55. The molecule has 0 aliphatic rings. The lowest BCUT2D eigenvalue weighted by molar-refractivity contribution is 0.415. The molecule has 25 heavy (non-hydrogen) atoms. The molecule has 0 saturated carbocycles. The molecule has 0 bridgehead atoms. The monoisotopic (exact) mass is 355 g/mol. The first-order valence-corrected chi connectivity index (χ1v) is 8.12. The van der Waals surface area contributed by atoms with Gasteiger partial charge in [-0.1, -0.05) is 35.9 Å². The first kappa shape index (κ1) is 17.0. The fourth-order valence-corrected chi connectivity index (χ4v) is 2.57. The van der Waals surface area contributed by atoms with E-state index in [0.717, 1.165) is 5.69 Å². The summed E-state index contributed by atoms with van der Waals surface area (Å²) >= 11 is 6.13. The Morgan fingerprint density at radius 1 is 1.16 bits per heavy atom. The number of hydrogen-bond acceptors (Lipinski definition) is 6. The highest BCUT2D eigenvalue weighted by molar-refractivity contribution is 6.32. The van der Waals surface area contributed by atoms with Crippen molar-refractivity contribution in [3.05, 3.63) is 64.8 Å². The van der Waals surface area contributed by atoms with Gasteiger partial charge in [-0.05, 0) is 36.2 Å². The van der Waals surface area contributed by atoms with Crippen LogP contribution in [0, 0.1) is 6.92 Å². The fourth-order valence-electron chi connectivity index (χ4n) is 2.31. The van der Waals surface area contributed by atoms with Crippen molar-refractivity contribution in [2.24, 2.45) is 0 Å². The molecule has 0 aliphatic carbocycles. The number of hydrogen-bond donors (Lipinski definition) is 2. The number of nitrogens with zero attached hydrogens (tertiary/aromatic N) is 3. The number of ether oxygens (including phenoxy) is 1. The number of benzene rings is 2. The van der Waals surface area contributed by atoms with Crippen LogP contribution in [0.4, 0.5) is 17.5 Å². The zero-order valence-electron chi connectivity index (χ0n) is 14.0. The van der Waals surface area contributed by atoms with Crippen LogP contribution < -0.4 is 15.4 Å². The fraction of sp³-hybridized carbons (Fsp3) is 0.167. The molecule has 1 heterocycles. The van der Waals surface area contributed by atoms with E-state index in [2.05, 4.69) is 44.9 Å². The first-order chi connectivity index (χ1) is 12.2. The number of methoxy groups -OCH3 is 1. The minimum atomic E-state index is 0.452. The molecule has 3 rings (SSSR count). The van der Waals surface area contributed by atoms with Crippen molar-refractivity contribution in [1.82, 2.24) is 15.2 Å². The van der Waals surface area contributed by atoms with E-state index in [4.69, 9.17) is 16.3 Å². The van der Waals surface area contributed by atoms with Gasteiger partial charge < -0.3 is 15.4 Å². The van der Waals surface area contributed by atoms with Gasteiger partial charge in [0.25, 0.3) is 0 Å². The average Bonchev–Trinajstić information content (AvgIpc) is 2.62. The van der Waals surface area contributed by atoms with Gasteiger partial charge in [0.2, 0.25) is 5.95 Å². The molecular weight excluding hydrogens is 338 g/mol. The largest absolute Gasteiger partial charge is 0.495 e. The second-order valence-electron chi connectivity index (χ2n) is 5.42. The number of anilines is 3. The molecule has 0 unspecified atom stereocenters. The van der Waals surface area contributed by atoms with E-state index in [-0.39, 0.29) is 0 Å². The van der Waals surface area contributed by atoms with Crippen molar-refractivity contribution >= 4 is 29.1 Å². The number of nitrogens with one attached hydrogen (secondary N) is 2. The maximum absolute atomic E-state index is 6.13. The Balaban J connectivity index is 1.69. The van der Waals surface area contributed by atoms with Gasteiger partial charge in [-0.2, -0.15) is 10.1 Å². The van der Waals surface area contributed by atoms with Crippen LogP contribution in [0.25, 0.3) is 0 Å². The molecular formula is C18H18ClN5O. The summed E-state index contributed by atoms with van der Waals surface area (Å²) in [4.78, 5) is 4.41. The lowest BCUT2D eigenvalue weighted by Crippen LogP contribution is -2.07. The lowest BCUT2D eigenvalue weighted by atomic mass is 10.1. The summed E-state index contributed by atoms with van der Waals surface area (Å²) in [6.45, 7) is 2.70. The lowest BCUT2D eigenvalue weighted by Gasteiger charge is -2.10. The van der Waals surface area contributed by atoms with Crippen LogP contribution >= 0.6 is 11.6 Å². The van der Waals surface area contributed by atoms with Gasteiger partial charge >= 0.3 is 0 Å². The van der Waals surface area contributed by atoms with Gasteiger partial charge in [0.05, 0.1) is 18.3 Å². The molecule has 7 heteroatoms. The van der Waals surface area contributed by atoms with Gasteiger partial charge in [0, 0.05) is 12.2 Å². The molecule has 2 N–H and O–H groups in total. The molecule has 0 fully saturated rings. The predicted molar refractivity (Wildman–Crippen MR) is 99.6 cm³/mol. The zero-order chi connectivity index (χ0) is 17.6. The topological polar surface area (TPSA) is 72.0 Å². The van der Waals surface area contributed by atoms with Crippen LogP contribution in [-0.2, 0) is 6.54 Å². The Kier molecular flexibility index (Phi) is 5.30. The van der Waals surface area contributed by atoms with Crippen molar-refractivity contribution in [3.8, 4) is 5.75 Å². The minimum absolute atomic E-state index is 0.452. The molecule has 0 amide bonds. The Bertz CT molecular complexity index is 872. The molecule has 0 aliphatic heterocycles. The maximum Gasteiger partial charge on any atom is 0.244 e. The third kappa shape index (κ3) is 4.36. The van der Waals surface area contributed by atoms with E-state index in [0.29, 0.717) is 29.1 Å². The Hall–Kier alpha value is -2.86. The van der Waals surface area contributed by atoms with Crippen LogP contribution in [0.3, 0.4) is 0 Å². The van der Waals surface area contributed by atoms with E-state index in [1.165, 1.54) is 11.1 Å².